The molecule has 0 spiro atoms. The van der Waals surface area contributed by atoms with Gasteiger partial charge in [-0.3, -0.25) is 9.69 Å². The van der Waals surface area contributed by atoms with Crippen LogP contribution in [0.5, 0.6) is 0 Å². The predicted octanol–water partition coefficient (Wildman–Crippen LogP) is 3.84. The molecule has 0 fully saturated rings. The summed E-state index contributed by atoms with van der Waals surface area (Å²) in [6.45, 7) is 4.84. The lowest BCUT2D eigenvalue weighted by Gasteiger charge is -2.19. The van der Waals surface area contributed by atoms with Gasteiger partial charge in [-0.05, 0) is 23.6 Å². The number of rotatable bonds is 7. The van der Waals surface area contributed by atoms with Gasteiger partial charge in [0.25, 0.3) is 0 Å². The summed E-state index contributed by atoms with van der Waals surface area (Å²) < 4.78 is 0. The van der Waals surface area contributed by atoms with Crippen molar-refractivity contribution in [2.45, 2.75) is 19.9 Å². The van der Waals surface area contributed by atoms with E-state index in [0.29, 0.717) is 6.42 Å². The smallest absolute Gasteiger partial charge is 0.174 e. The van der Waals surface area contributed by atoms with Crippen molar-refractivity contribution in [3.05, 3.63) is 58.3 Å². The van der Waals surface area contributed by atoms with Gasteiger partial charge in [0.2, 0.25) is 0 Å². The summed E-state index contributed by atoms with van der Waals surface area (Å²) in [5, 5.41) is 1.95. The molecule has 0 unspecified atom stereocenters. The highest BCUT2D eigenvalue weighted by molar-refractivity contribution is 7.12. The van der Waals surface area contributed by atoms with Crippen LogP contribution in [0.15, 0.2) is 47.8 Å². The van der Waals surface area contributed by atoms with E-state index in [-0.39, 0.29) is 5.78 Å². The van der Waals surface area contributed by atoms with E-state index in [1.165, 1.54) is 16.9 Å². The van der Waals surface area contributed by atoms with E-state index in [4.69, 9.17) is 0 Å². The molecule has 0 aliphatic rings. The molecule has 0 saturated carbocycles. The molecule has 0 bridgehead atoms. The lowest BCUT2D eigenvalue weighted by atomic mass is 10.2. The first kappa shape index (κ1) is 14.0. The predicted molar refractivity (Wildman–Crippen MR) is 80.7 cm³/mol. The van der Waals surface area contributed by atoms with Crippen molar-refractivity contribution in [2.75, 3.05) is 13.1 Å². The van der Waals surface area contributed by atoms with Gasteiger partial charge in [-0.25, -0.2) is 0 Å². The van der Waals surface area contributed by atoms with Crippen LogP contribution in [0.1, 0.15) is 28.6 Å². The normalized spacial score (nSPS) is 10.8. The topological polar surface area (TPSA) is 20.3 Å². The molecule has 2 rings (SSSR count). The molecule has 0 radical (unpaired) electrons. The fraction of sp³-hybridized carbons (Fsp3) is 0.312. The molecule has 2 nitrogen and oxygen atoms in total. The minimum Gasteiger partial charge on any atom is -0.299 e. The van der Waals surface area contributed by atoms with Gasteiger partial charge in [-0.2, -0.15) is 0 Å². The van der Waals surface area contributed by atoms with Gasteiger partial charge >= 0.3 is 0 Å². The van der Waals surface area contributed by atoms with Crippen molar-refractivity contribution < 1.29 is 4.79 Å². The van der Waals surface area contributed by atoms with Crippen molar-refractivity contribution in [3.8, 4) is 0 Å². The second kappa shape index (κ2) is 7.22. The number of Topliss-reactive ketones (excluding diaryl/α,β-unsaturated/α-hetero) is 1. The number of hydrogen-bond acceptors (Lipinski definition) is 3. The molecule has 19 heavy (non-hydrogen) atoms. The number of thiophene rings is 1. The average Bonchev–Trinajstić information content (AvgIpc) is 2.98. The molecular formula is C16H19NOS. The maximum Gasteiger partial charge on any atom is 0.174 e. The quantitative estimate of drug-likeness (QED) is 0.714. The Morgan fingerprint density at radius 3 is 2.58 bits per heavy atom. The Morgan fingerprint density at radius 1 is 1.16 bits per heavy atom. The summed E-state index contributed by atoms with van der Waals surface area (Å²) >= 11 is 1.53. The molecule has 100 valence electrons. The van der Waals surface area contributed by atoms with Crippen molar-refractivity contribution in [1.82, 2.24) is 4.90 Å². The Hall–Kier alpha value is -1.45. The Morgan fingerprint density at radius 2 is 1.95 bits per heavy atom. The summed E-state index contributed by atoms with van der Waals surface area (Å²) in [7, 11) is 0. The van der Waals surface area contributed by atoms with E-state index in [9.17, 15) is 4.79 Å². The van der Waals surface area contributed by atoms with E-state index in [0.717, 1.165) is 24.5 Å². The van der Waals surface area contributed by atoms with E-state index in [1.807, 2.05) is 23.6 Å². The lowest BCUT2D eigenvalue weighted by Crippen LogP contribution is -2.25. The molecule has 0 aliphatic carbocycles. The number of carbonyl (C=O) groups is 1. The minimum absolute atomic E-state index is 0.251. The van der Waals surface area contributed by atoms with Gasteiger partial charge < -0.3 is 0 Å². The first-order valence-corrected chi connectivity index (χ1v) is 7.50. The number of ketones is 1. The highest BCUT2D eigenvalue weighted by atomic mass is 32.1. The first-order chi connectivity index (χ1) is 9.29. The Balaban J connectivity index is 1.84. The van der Waals surface area contributed by atoms with Crippen LogP contribution >= 0.6 is 11.3 Å². The van der Waals surface area contributed by atoms with Crippen LogP contribution < -0.4 is 0 Å². The number of carbonyl (C=O) groups excluding carboxylic acids is 1. The number of hydrogen-bond donors (Lipinski definition) is 0. The minimum atomic E-state index is 0.251. The molecule has 1 heterocycles. The monoisotopic (exact) mass is 273 g/mol. The van der Waals surface area contributed by atoms with Crippen LogP contribution in [0.25, 0.3) is 0 Å². The largest absolute Gasteiger partial charge is 0.299 e. The molecule has 2 aromatic rings. The molecule has 1 aromatic heterocycles. The van der Waals surface area contributed by atoms with E-state index < -0.39 is 0 Å². The summed E-state index contributed by atoms with van der Waals surface area (Å²) in [4.78, 5) is 15.1. The van der Waals surface area contributed by atoms with Crippen molar-refractivity contribution >= 4 is 17.1 Å². The van der Waals surface area contributed by atoms with Crippen LogP contribution in [0.4, 0.5) is 0 Å². The lowest BCUT2D eigenvalue weighted by molar-refractivity contribution is 0.0967. The summed E-state index contributed by atoms with van der Waals surface area (Å²) in [5.41, 5.74) is 1.30. The van der Waals surface area contributed by atoms with Crippen molar-refractivity contribution in [2.24, 2.45) is 0 Å². The van der Waals surface area contributed by atoms with E-state index >= 15 is 0 Å². The van der Waals surface area contributed by atoms with Crippen LogP contribution in [0, 0.1) is 0 Å². The van der Waals surface area contributed by atoms with Gasteiger partial charge in [0.15, 0.2) is 5.78 Å². The fourth-order valence-electron chi connectivity index (χ4n) is 2.01. The van der Waals surface area contributed by atoms with Gasteiger partial charge in [0.05, 0.1) is 4.88 Å². The third kappa shape index (κ3) is 4.30. The Bertz CT molecular complexity index is 493. The molecule has 0 atom stereocenters. The molecule has 0 amide bonds. The molecule has 3 heteroatoms. The SMILES string of the molecule is CCN(CCC(=O)c1cccs1)Cc1ccccc1. The number of benzene rings is 1. The Labute approximate surface area is 118 Å². The van der Waals surface area contributed by atoms with Crippen molar-refractivity contribution in [1.29, 1.82) is 0 Å². The van der Waals surface area contributed by atoms with Crippen LogP contribution in [-0.2, 0) is 6.54 Å². The highest BCUT2D eigenvalue weighted by Crippen LogP contribution is 2.12. The van der Waals surface area contributed by atoms with Crippen LogP contribution in [0.2, 0.25) is 0 Å². The summed E-state index contributed by atoms with van der Waals surface area (Å²) in [6, 6.07) is 14.2. The molecular weight excluding hydrogens is 254 g/mol. The van der Waals surface area contributed by atoms with Gasteiger partial charge in [0, 0.05) is 19.5 Å². The zero-order valence-corrected chi connectivity index (χ0v) is 12.0. The molecule has 0 saturated heterocycles. The second-order valence-corrected chi connectivity index (χ2v) is 5.45. The van der Waals surface area contributed by atoms with Crippen LogP contribution in [-0.4, -0.2) is 23.8 Å². The van der Waals surface area contributed by atoms with Crippen molar-refractivity contribution in [3.63, 3.8) is 0 Å². The highest BCUT2D eigenvalue weighted by Gasteiger charge is 2.10. The van der Waals surface area contributed by atoms with E-state index in [2.05, 4.69) is 36.1 Å². The average molecular weight is 273 g/mol. The maximum absolute atomic E-state index is 12.0. The summed E-state index contributed by atoms with van der Waals surface area (Å²) in [5.74, 6) is 0.251. The zero-order chi connectivity index (χ0) is 13.5. The molecule has 1 aromatic carbocycles. The third-order valence-corrected chi connectivity index (χ3v) is 4.06. The van der Waals surface area contributed by atoms with Gasteiger partial charge in [-0.15, -0.1) is 11.3 Å². The van der Waals surface area contributed by atoms with Crippen LogP contribution in [0.3, 0.4) is 0 Å². The third-order valence-electron chi connectivity index (χ3n) is 3.15. The van der Waals surface area contributed by atoms with Gasteiger partial charge in [-0.1, -0.05) is 43.3 Å². The Kier molecular flexibility index (Phi) is 5.31. The number of nitrogens with zero attached hydrogens (tertiary/aromatic N) is 1. The van der Waals surface area contributed by atoms with E-state index in [1.54, 1.807) is 0 Å². The maximum atomic E-state index is 12.0. The van der Waals surface area contributed by atoms with Gasteiger partial charge in [0.1, 0.15) is 0 Å². The second-order valence-electron chi connectivity index (χ2n) is 4.50. The first-order valence-electron chi connectivity index (χ1n) is 6.62. The zero-order valence-electron chi connectivity index (χ0n) is 11.2. The molecule has 0 aliphatic heterocycles. The standard InChI is InChI=1S/C16H19NOS/c1-2-17(13-14-7-4-3-5-8-14)11-10-15(18)16-9-6-12-19-16/h3-9,12H,2,10-11,13H2,1H3. The molecule has 0 N–H and O–H groups in total. The summed E-state index contributed by atoms with van der Waals surface area (Å²) in [6.07, 6.45) is 0.598. The fourth-order valence-corrected chi connectivity index (χ4v) is 2.71.